The Balaban J connectivity index is 0.000000234. The van der Waals surface area contributed by atoms with E-state index in [-0.39, 0.29) is 26.3 Å². The van der Waals surface area contributed by atoms with Crippen LogP contribution in [0.4, 0.5) is 22.7 Å². The van der Waals surface area contributed by atoms with E-state index in [1.165, 1.54) is 0 Å². The molecule has 0 fully saturated rings. The second-order valence-electron chi connectivity index (χ2n) is 9.45. The first kappa shape index (κ1) is 40.5. The predicted octanol–water partition coefficient (Wildman–Crippen LogP) is 11.9. The average Bonchev–Trinajstić information content (AvgIpc) is 3.18. The molecule has 0 N–H and O–H groups in total. The van der Waals surface area contributed by atoms with Gasteiger partial charge in [0.15, 0.2) is 0 Å². The van der Waals surface area contributed by atoms with Crippen molar-refractivity contribution in [2.75, 3.05) is 0 Å². The van der Waals surface area contributed by atoms with Gasteiger partial charge in [-0.15, -0.1) is 0 Å². The van der Waals surface area contributed by atoms with Gasteiger partial charge in [0.1, 0.15) is 0 Å². The fourth-order valence-electron chi connectivity index (χ4n) is 3.84. The summed E-state index contributed by atoms with van der Waals surface area (Å²) in [4.78, 5) is 26.6. The van der Waals surface area contributed by atoms with Crippen molar-refractivity contribution in [3.8, 4) is 0 Å². The van der Waals surface area contributed by atoms with Crippen LogP contribution in [0.5, 0.6) is 0 Å². The summed E-state index contributed by atoms with van der Waals surface area (Å²) in [5.74, 6) is 0. The van der Waals surface area contributed by atoms with Crippen LogP contribution in [0.15, 0.2) is 178 Å². The van der Waals surface area contributed by atoms with Crippen molar-refractivity contribution in [1.29, 1.82) is 0 Å². The Hall–Kier alpha value is -3.94. The molecular formula is C38H30Cl4Fe2N6. The maximum absolute atomic E-state index is 4.76. The molecular weight excluding hydrogens is 794 g/mol. The molecule has 2 aromatic heterocycles. The Morgan fingerprint density at radius 3 is 0.720 bits per heavy atom. The third-order valence-electron chi connectivity index (χ3n) is 5.99. The Bertz CT molecular complexity index is 1630. The molecule has 6 nitrogen and oxygen atoms in total. The van der Waals surface area contributed by atoms with Crippen LogP contribution in [0.25, 0.3) is 0 Å². The summed E-state index contributed by atoms with van der Waals surface area (Å²) >= 11 is 0.389. The molecule has 0 saturated carbocycles. The molecule has 0 amide bonds. The summed E-state index contributed by atoms with van der Waals surface area (Å²) in [5, 5.41) is 0. The monoisotopic (exact) mass is 822 g/mol. The number of aromatic nitrogens is 2. The standard InChI is InChI=1S/2C19H15N3.4ClH.2Fe/c2*1-3-8-16(9-4-1)20-14-18-12-7-13-19(22-18)15-21-17-10-5-2-6-11-17;;;;;;/h2*1-15H;4*1H;;/q;;;;;;2*+2/p-4. The summed E-state index contributed by atoms with van der Waals surface area (Å²) in [5.41, 5.74) is 6.86. The summed E-state index contributed by atoms with van der Waals surface area (Å²) in [7, 11) is 19.1. The van der Waals surface area contributed by atoms with E-state index in [2.05, 4.69) is 29.9 Å². The minimum atomic E-state index is 0.194. The fourth-order valence-corrected chi connectivity index (χ4v) is 3.84. The third kappa shape index (κ3) is 17.6. The van der Waals surface area contributed by atoms with Crippen LogP contribution >= 0.6 is 40.4 Å². The molecule has 0 aliphatic rings. The van der Waals surface area contributed by atoms with Crippen molar-refractivity contribution in [1.82, 2.24) is 9.97 Å². The van der Waals surface area contributed by atoms with Crippen molar-refractivity contribution < 1.29 is 26.3 Å². The predicted molar refractivity (Wildman–Crippen MR) is 207 cm³/mol. The van der Waals surface area contributed by atoms with Crippen molar-refractivity contribution in [3.63, 3.8) is 0 Å². The number of nitrogens with zero attached hydrogens (tertiary/aromatic N) is 6. The van der Waals surface area contributed by atoms with Gasteiger partial charge in [0.05, 0.1) is 70.4 Å². The van der Waals surface area contributed by atoms with E-state index in [4.69, 9.17) is 40.4 Å². The van der Waals surface area contributed by atoms with E-state index >= 15 is 0 Å². The minimum absolute atomic E-state index is 0.194. The van der Waals surface area contributed by atoms with Crippen LogP contribution in [-0.4, -0.2) is 34.8 Å². The molecule has 50 heavy (non-hydrogen) atoms. The summed E-state index contributed by atoms with van der Waals surface area (Å²) in [6.45, 7) is 0. The van der Waals surface area contributed by atoms with Crippen LogP contribution in [0, 0.1) is 0 Å². The van der Waals surface area contributed by atoms with E-state index in [9.17, 15) is 0 Å². The number of aliphatic imine (C=N–C) groups is 4. The van der Waals surface area contributed by atoms with Gasteiger partial charge >= 0.3 is 66.7 Å². The maximum atomic E-state index is 4.76. The number of pyridine rings is 2. The first-order valence-corrected chi connectivity index (χ1v) is 20.7. The molecule has 2 heterocycles. The molecule has 12 heteroatoms. The van der Waals surface area contributed by atoms with Crippen LogP contribution in [0.3, 0.4) is 0 Å². The zero-order chi connectivity index (χ0) is 35.5. The zero-order valence-corrected chi connectivity index (χ0v) is 31.5. The van der Waals surface area contributed by atoms with Gasteiger partial charge in [0.2, 0.25) is 0 Å². The Morgan fingerprint density at radius 1 is 0.320 bits per heavy atom. The quantitative estimate of drug-likeness (QED) is 0.113. The molecule has 0 spiro atoms. The zero-order valence-electron chi connectivity index (χ0n) is 26.2. The van der Waals surface area contributed by atoms with Crippen molar-refractivity contribution in [3.05, 3.63) is 181 Å². The van der Waals surface area contributed by atoms with E-state index in [0.29, 0.717) is 0 Å². The molecule has 0 saturated heterocycles. The second-order valence-corrected chi connectivity index (χ2v) is 13.1. The normalized spacial score (nSPS) is 10.8. The van der Waals surface area contributed by atoms with E-state index in [1.54, 1.807) is 24.9 Å². The van der Waals surface area contributed by atoms with Crippen molar-refractivity contribution in [2.24, 2.45) is 20.0 Å². The molecule has 0 unspecified atom stereocenters. The molecule has 0 aliphatic carbocycles. The molecule has 0 bridgehead atoms. The topological polar surface area (TPSA) is 75.2 Å². The molecule has 0 aliphatic heterocycles. The van der Waals surface area contributed by atoms with E-state index < -0.39 is 0 Å². The van der Waals surface area contributed by atoms with Crippen molar-refractivity contribution >= 4 is 88.0 Å². The number of benzene rings is 4. The van der Waals surface area contributed by atoms with Crippen molar-refractivity contribution in [2.45, 2.75) is 0 Å². The third-order valence-corrected chi connectivity index (χ3v) is 5.99. The molecule has 4 aromatic carbocycles. The van der Waals surface area contributed by atoms with Gasteiger partial charge in [0, 0.05) is 0 Å². The van der Waals surface area contributed by atoms with Crippen LogP contribution in [-0.2, 0) is 26.3 Å². The molecule has 256 valence electrons. The molecule has 0 radical (unpaired) electrons. The van der Waals surface area contributed by atoms with Gasteiger partial charge in [-0.1, -0.05) is 84.9 Å². The Kier molecular flexibility index (Phi) is 21.0. The number of hydrogen-bond donors (Lipinski definition) is 0. The number of halogens is 4. The van der Waals surface area contributed by atoms with E-state index in [0.717, 1.165) is 45.5 Å². The van der Waals surface area contributed by atoms with Gasteiger partial charge in [-0.05, 0) is 72.8 Å². The summed E-state index contributed by atoms with van der Waals surface area (Å²) in [6, 6.07) is 50.8. The summed E-state index contributed by atoms with van der Waals surface area (Å²) in [6.07, 6.45) is 7.04. The Morgan fingerprint density at radius 2 is 0.520 bits per heavy atom. The average molecular weight is 824 g/mol. The van der Waals surface area contributed by atoms with Gasteiger partial charge in [-0.3, -0.25) is 20.0 Å². The first-order valence-electron chi connectivity index (χ1n) is 14.6. The first-order chi connectivity index (χ1) is 24.6. The Labute approximate surface area is 322 Å². The van der Waals surface area contributed by atoms with Crippen LogP contribution in [0.2, 0.25) is 0 Å². The van der Waals surface area contributed by atoms with E-state index in [1.807, 2.05) is 158 Å². The van der Waals surface area contributed by atoms with Gasteiger partial charge in [-0.25, -0.2) is 9.97 Å². The van der Waals surface area contributed by atoms with Crippen LogP contribution in [0.1, 0.15) is 22.8 Å². The van der Waals surface area contributed by atoms with Gasteiger partial charge < -0.3 is 0 Å². The number of rotatable bonds is 8. The molecule has 6 aromatic rings. The SMILES string of the molecule is C(=Nc1ccccc1)c1cccc(C=Nc2ccccc2)n1.C(=Nc1ccccc1)c1cccc(C=Nc2ccccc2)n1.[Cl][Fe][Cl].[Cl][Fe][Cl]. The summed E-state index contributed by atoms with van der Waals surface area (Å²) < 4.78 is 0. The fraction of sp³-hybridized carbons (Fsp3) is 0. The van der Waals surface area contributed by atoms with Gasteiger partial charge in [-0.2, -0.15) is 0 Å². The number of para-hydroxylation sites is 4. The number of hydrogen-bond acceptors (Lipinski definition) is 6. The molecule has 6 rings (SSSR count). The molecule has 0 atom stereocenters. The second kappa shape index (κ2) is 25.9. The van der Waals surface area contributed by atoms with Gasteiger partial charge in [0.25, 0.3) is 0 Å². The van der Waals surface area contributed by atoms with Crippen LogP contribution < -0.4 is 0 Å².